The van der Waals surface area contributed by atoms with E-state index in [9.17, 15) is 9.59 Å². The number of amides is 2. The Morgan fingerprint density at radius 2 is 1.86 bits per heavy atom. The van der Waals surface area contributed by atoms with Crippen LogP contribution in [0.2, 0.25) is 0 Å². The summed E-state index contributed by atoms with van der Waals surface area (Å²) < 4.78 is 5.35. The lowest BCUT2D eigenvalue weighted by Gasteiger charge is -2.27. The summed E-state index contributed by atoms with van der Waals surface area (Å²) in [5, 5.41) is 2.82. The van der Waals surface area contributed by atoms with Crippen LogP contribution in [0.5, 0.6) is 0 Å². The third kappa shape index (κ3) is 4.81. The van der Waals surface area contributed by atoms with Crippen LogP contribution in [0.3, 0.4) is 0 Å². The molecule has 0 spiro atoms. The third-order valence-corrected chi connectivity index (χ3v) is 5.06. The van der Waals surface area contributed by atoms with Gasteiger partial charge in [-0.25, -0.2) is 4.98 Å². The summed E-state index contributed by atoms with van der Waals surface area (Å²) in [6.07, 6.45) is 6.43. The van der Waals surface area contributed by atoms with Gasteiger partial charge in [-0.05, 0) is 42.3 Å². The second-order valence-corrected chi connectivity index (χ2v) is 7.07. The normalized spacial score (nSPS) is 17.2. The lowest BCUT2D eigenvalue weighted by atomic mass is 10.2. The van der Waals surface area contributed by atoms with Crippen molar-refractivity contribution >= 4 is 35.1 Å². The first-order chi connectivity index (χ1) is 14.2. The Hall–Kier alpha value is -3.19. The van der Waals surface area contributed by atoms with E-state index in [1.807, 2.05) is 36.4 Å². The van der Waals surface area contributed by atoms with Gasteiger partial charge in [0, 0.05) is 37.8 Å². The summed E-state index contributed by atoms with van der Waals surface area (Å²) in [7, 11) is 0. The topological polar surface area (TPSA) is 74.8 Å². The van der Waals surface area contributed by atoms with E-state index in [2.05, 4.69) is 15.2 Å². The highest BCUT2D eigenvalue weighted by Gasteiger charge is 2.21. The summed E-state index contributed by atoms with van der Waals surface area (Å²) >= 11 is 0. The first-order valence-electron chi connectivity index (χ1n) is 9.87. The van der Waals surface area contributed by atoms with Crippen LogP contribution in [0.4, 0.5) is 17.2 Å². The average Bonchev–Trinajstić information content (AvgIpc) is 3.20. The molecule has 4 rings (SSSR count). The van der Waals surface area contributed by atoms with Crippen molar-refractivity contribution in [2.45, 2.75) is 12.8 Å². The Morgan fingerprint density at radius 1 is 1.07 bits per heavy atom. The third-order valence-electron chi connectivity index (χ3n) is 5.06. The Bertz CT molecular complexity index is 887. The van der Waals surface area contributed by atoms with Crippen LogP contribution in [0.15, 0.2) is 48.7 Å². The van der Waals surface area contributed by atoms with Gasteiger partial charge in [-0.2, -0.15) is 0 Å². The van der Waals surface area contributed by atoms with Crippen LogP contribution in [0, 0.1) is 0 Å². The van der Waals surface area contributed by atoms with Gasteiger partial charge in [-0.15, -0.1) is 0 Å². The van der Waals surface area contributed by atoms with E-state index in [-0.39, 0.29) is 11.8 Å². The minimum absolute atomic E-state index is 0.168. The van der Waals surface area contributed by atoms with Crippen molar-refractivity contribution in [2.24, 2.45) is 0 Å². The minimum atomic E-state index is -0.218. The van der Waals surface area contributed by atoms with Crippen molar-refractivity contribution in [3.8, 4) is 0 Å². The molecular formula is C22H24N4O3. The number of carbonyl (C=O) groups is 2. The van der Waals surface area contributed by atoms with E-state index >= 15 is 0 Å². The molecule has 2 amide bonds. The Labute approximate surface area is 170 Å². The number of aromatic nitrogens is 1. The van der Waals surface area contributed by atoms with Gasteiger partial charge in [-0.3, -0.25) is 9.59 Å². The molecule has 7 nitrogen and oxygen atoms in total. The number of nitrogens with zero attached hydrogens (tertiary/aromatic N) is 3. The molecule has 0 unspecified atom stereocenters. The summed E-state index contributed by atoms with van der Waals surface area (Å²) in [4.78, 5) is 32.4. The molecule has 0 atom stereocenters. The number of rotatable bonds is 5. The number of ether oxygens (including phenoxy) is 1. The van der Waals surface area contributed by atoms with Gasteiger partial charge in [-0.1, -0.05) is 12.1 Å². The van der Waals surface area contributed by atoms with E-state index < -0.39 is 0 Å². The predicted molar refractivity (Wildman–Crippen MR) is 113 cm³/mol. The number of pyridine rings is 1. The van der Waals surface area contributed by atoms with E-state index in [1.54, 1.807) is 17.2 Å². The molecule has 2 fully saturated rings. The molecule has 2 aliphatic heterocycles. The fourth-order valence-electron chi connectivity index (χ4n) is 3.48. The van der Waals surface area contributed by atoms with Gasteiger partial charge in [0.05, 0.1) is 25.1 Å². The van der Waals surface area contributed by atoms with Crippen LogP contribution in [-0.2, 0) is 14.3 Å². The molecule has 1 N–H and O–H groups in total. The monoisotopic (exact) mass is 392 g/mol. The molecule has 29 heavy (non-hydrogen) atoms. The van der Waals surface area contributed by atoms with Crippen LogP contribution in [-0.4, -0.2) is 49.6 Å². The summed E-state index contributed by atoms with van der Waals surface area (Å²) in [5.74, 6) is 0.837. The average molecular weight is 392 g/mol. The van der Waals surface area contributed by atoms with Crippen molar-refractivity contribution < 1.29 is 14.3 Å². The largest absolute Gasteiger partial charge is 0.378 e. The molecular weight excluding hydrogens is 368 g/mol. The molecule has 1 aromatic carbocycles. The molecule has 1 aromatic heterocycles. The number of hydrogen-bond donors (Lipinski definition) is 1. The molecule has 0 radical (unpaired) electrons. The van der Waals surface area contributed by atoms with E-state index in [0.29, 0.717) is 25.3 Å². The molecule has 150 valence electrons. The van der Waals surface area contributed by atoms with Crippen LogP contribution in [0.1, 0.15) is 18.4 Å². The fraction of sp³-hybridized carbons (Fsp3) is 0.318. The van der Waals surface area contributed by atoms with E-state index in [1.165, 1.54) is 6.08 Å². The van der Waals surface area contributed by atoms with Gasteiger partial charge >= 0.3 is 0 Å². The zero-order chi connectivity index (χ0) is 20.1. The van der Waals surface area contributed by atoms with Gasteiger partial charge in [0.1, 0.15) is 5.82 Å². The summed E-state index contributed by atoms with van der Waals surface area (Å²) in [5.41, 5.74) is 2.46. The van der Waals surface area contributed by atoms with Gasteiger partial charge < -0.3 is 19.9 Å². The first kappa shape index (κ1) is 19.1. The van der Waals surface area contributed by atoms with Crippen molar-refractivity contribution in [1.29, 1.82) is 0 Å². The van der Waals surface area contributed by atoms with Crippen molar-refractivity contribution in [3.05, 3.63) is 54.2 Å². The van der Waals surface area contributed by atoms with Crippen LogP contribution in [0.25, 0.3) is 6.08 Å². The standard InChI is InChI=1S/C22H24N4O3/c27-21(24-18-6-9-20(23-16-18)25-12-14-29-15-13-25)10-5-17-3-7-19(8-4-17)26-11-1-2-22(26)28/h3-10,16H,1-2,11-15H2,(H,24,27)/b10-5+. The minimum Gasteiger partial charge on any atom is -0.378 e. The maximum Gasteiger partial charge on any atom is 0.248 e. The molecule has 2 saturated heterocycles. The van der Waals surface area contributed by atoms with Crippen molar-refractivity contribution in [2.75, 3.05) is 48.0 Å². The van der Waals surface area contributed by atoms with Crippen molar-refractivity contribution in [1.82, 2.24) is 4.98 Å². The zero-order valence-corrected chi connectivity index (χ0v) is 16.2. The molecule has 0 aliphatic carbocycles. The number of benzene rings is 1. The zero-order valence-electron chi connectivity index (χ0n) is 16.2. The number of nitrogens with one attached hydrogen (secondary N) is 1. The second-order valence-electron chi connectivity index (χ2n) is 7.07. The molecule has 2 aliphatic rings. The van der Waals surface area contributed by atoms with Crippen molar-refractivity contribution in [3.63, 3.8) is 0 Å². The lowest BCUT2D eigenvalue weighted by Crippen LogP contribution is -2.36. The lowest BCUT2D eigenvalue weighted by molar-refractivity contribution is -0.117. The molecule has 0 bridgehead atoms. The molecule has 7 heteroatoms. The SMILES string of the molecule is O=C(/C=C/c1ccc(N2CCCC2=O)cc1)Nc1ccc(N2CCOCC2)nc1. The second kappa shape index (κ2) is 8.87. The highest BCUT2D eigenvalue weighted by molar-refractivity contribution is 6.02. The van der Waals surface area contributed by atoms with Gasteiger partial charge in [0.25, 0.3) is 0 Å². The van der Waals surface area contributed by atoms with Gasteiger partial charge in [0.2, 0.25) is 11.8 Å². The van der Waals surface area contributed by atoms with Crippen LogP contribution >= 0.6 is 0 Å². The Balaban J connectivity index is 1.32. The quantitative estimate of drug-likeness (QED) is 0.792. The Kier molecular flexibility index (Phi) is 5.86. The number of carbonyl (C=O) groups excluding carboxylic acids is 2. The maximum atomic E-state index is 12.2. The number of anilines is 3. The number of morpholine rings is 1. The number of hydrogen-bond acceptors (Lipinski definition) is 5. The molecule has 3 heterocycles. The summed E-state index contributed by atoms with van der Waals surface area (Å²) in [6, 6.07) is 11.4. The molecule has 0 saturated carbocycles. The highest BCUT2D eigenvalue weighted by Crippen LogP contribution is 2.22. The fourth-order valence-corrected chi connectivity index (χ4v) is 3.48. The smallest absolute Gasteiger partial charge is 0.248 e. The highest BCUT2D eigenvalue weighted by atomic mass is 16.5. The molecule has 2 aromatic rings. The van der Waals surface area contributed by atoms with Gasteiger partial charge in [0.15, 0.2) is 0 Å². The first-order valence-corrected chi connectivity index (χ1v) is 9.87. The predicted octanol–water partition coefficient (Wildman–Crippen LogP) is 2.70. The maximum absolute atomic E-state index is 12.2. The Morgan fingerprint density at radius 3 is 2.52 bits per heavy atom. The van der Waals surface area contributed by atoms with E-state index in [4.69, 9.17) is 4.74 Å². The summed E-state index contributed by atoms with van der Waals surface area (Å²) in [6.45, 7) is 3.84. The van der Waals surface area contributed by atoms with Crippen LogP contribution < -0.4 is 15.1 Å². The van der Waals surface area contributed by atoms with E-state index in [0.717, 1.165) is 43.1 Å².